The van der Waals surface area contributed by atoms with E-state index in [0.29, 0.717) is 17.5 Å². The number of nitrogens with zero attached hydrogens (tertiary/aromatic N) is 3. The maximum atomic E-state index is 6.11. The third-order valence-corrected chi connectivity index (χ3v) is 7.23. The van der Waals surface area contributed by atoms with Crippen molar-refractivity contribution in [3.05, 3.63) is 164 Å². The fourth-order valence-corrected chi connectivity index (χ4v) is 4.95. The maximum absolute atomic E-state index is 6.11. The molecule has 0 bridgehead atoms. The second-order valence-electron chi connectivity index (χ2n) is 10.1. The lowest BCUT2D eigenvalue weighted by Gasteiger charge is -2.10. The Hall–Kier alpha value is -5.87. The Balaban J connectivity index is 1.11. The van der Waals surface area contributed by atoms with Crippen LogP contribution in [0, 0.1) is 0 Å². The highest BCUT2D eigenvalue weighted by Gasteiger charge is 2.12. The molecule has 0 amide bonds. The minimum atomic E-state index is 0.640. The van der Waals surface area contributed by atoms with E-state index in [2.05, 4.69) is 60.7 Å². The van der Waals surface area contributed by atoms with Crippen molar-refractivity contribution < 1.29 is 4.74 Å². The van der Waals surface area contributed by atoms with Crippen molar-refractivity contribution in [2.24, 2.45) is 0 Å². The molecule has 7 rings (SSSR count). The number of hydrogen-bond acceptors (Lipinski definition) is 4. The summed E-state index contributed by atoms with van der Waals surface area (Å²) in [7, 11) is 0. The van der Waals surface area contributed by atoms with Gasteiger partial charge in [-0.25, -0.2) is 15.0 Å². The molecular weight excluding hydrogens is 526 g/mol. The molecule has 0 unspecified atom stereocenters. The van der Waals surface area contributed by atoms with Crippen LogP contribution < -0.4 is 4.74 Å². The van der Waals surface area contributed by atoms with Gasteiger partial charge in [-0.05, 0) is 46.5 Å². The van der Waals surface area contributed by atoms with Crippen LogP contribution in [-0.4, -0.2) is 15.0 Å². The van der Waals surface area contributed by atoms with E-state index in [1.807, 2.05) is 103 Å². The number of aromatic nitrogens is 3. The van der Waals surface area contributed by atoms with Gasteiger partial charge in [0.1, 0.15) is 11.5 Å². The fourth-order valence-electron chi connectivity index (χ4n) is 4.95. The molecule has 4 heteroatoms. The first-order valence-electron chi connectivity index (χ1n) is 14.2. The smallest absolute Gasteiger partial charge is 0.164 e. The van der Waals surface area contributed by atoms with Crippen LogP contribution in [0.2, 0.25) is 0 Å². The van der Waals surface area contributed by atoms with E-state index in [-0.39, 0.29) is 0 Å². The average molecular weight is 554 g/mol. The van der Waals surface area contributed by atoms with Gasteiger partial charge in [0.2, 0.25) is 0 Å². The van der Waals surface area contributed by atoms with Gasteiger partial charge >= 0.3 is 0 Å². The van der Waals surface area contributed by atoms with Crippen LogP contribution >= 0.6 is 0 Å². The highest BCUT2D eigenvalue weighted by molar-refractivity contribution is 5.71. The van der Waals surface area contributed by atoms with Gasteiger partial charge in [-0.2, -0.15) is 0 Å². The van der Waals surface area contributed by atoms with Crippen molar-refractivity contribution in [1.82, 2.24) is 15.0 Å². The third kappa shape index (κ3) is 5.95. The van der Waals surface area contributed by atoms with Crippen molar-refractivity contribution in [3.63, 3.8) is 0 Å². The number of hydrogen-bond donors (Lipinski definition) is 0. The first-order valence-corrected chi connectivity index (χ1v) is 14.2. The summed E-state index contributed by atoms with van der Waals surface area (Å²) in [6.45, 7) is 0. The van der Waals surface area contributed by atoms with Gasteiger partial charge in [-0.1, -0.05) is 140 Å². The van der Waals surface area contributed by atoms with E-state index in [1.54, 1.807) is 0 Å². The quantitative estimate of drug-likeness (QED) is 0.197. The van der Waals surface area contributed by atoms with Crippen LogP contribution in [0.25, 0.3) is 56.4 Å². The van der Waals surface area contributed by atoms with Gasteiger partial charge in [0, 0.05) is 16.7 Å². The Labute approximate surface area is 251 Å². The maximum Gasteiger partial charge on any atom is 0.164 e. The second kappa shape index (κ2) is 11.9. The molecule has 204 valence electrons. The normalized spacial score (nSPS) is 10.8. The molecule has 0 aliphatic carbocycles. The molecule has 0 saturated carbocycles. The van der Waals surface area contributed by atoms with Crippen molar-refractivity contribution in [2.75, 3.05) is 0 Å². The lowest BCUT2D eigenvalue weighted by molar-refractivity contribution is 0.483. The molecule has 0 saturated heterocycles. The summed E-state index contributed by atoms with van der Waals surface area (Å²) < 4.78 is 6.11. The Kier molecular flexibility index (Phi) is 7.23. The SMILES string of the molecule is c1ccc(-c2ccc(Oc3ccc(-c4ccc(-c5nc(-c6ccccc6)nc(-c6ccccc6)n5)cc4)cc3)cc2)cc1. The van der Waals surface area contributed by atoms with Gasteiger partial charge in [-0.15, -0.1) is 0 Å². The van der Waals surface area contributed by atoms with Crippen molar-refractivity contribution in [1.29, 1.82) is 0 Å². The molecular formula is C39H27N3O. The molecule has 43 heavy (non-hydrogen) atoms. The molecule has 1 heterocycles. The van der Waals surface area contributed by atoms with E-state index >= 15 is 0 Å². The van der Waals surface area contributed by atoms with Crippen molar-refractivity contribution in [2.45, 2.75) is 0 Å². The van der Waals surface area contributed by atoms with Crippen LogP contribution in [0.3, 0.4) is 0 Å². The van der Waals surface area contributed by atoms with E-state index in [9.17, 15) is 0 Å². The molecule has 0 radical (unpaired) electrons. The lowest BCUT2D eigenvalue weighted by Crippen LogP contribution is -2.00. The monoisotopic (exact) mass is 553 g/mol. The summed E-state index contributed by atoms with van der Waals surface area (Å²) in [5.74, 6) is 3.54. The molecule has 0 spiro atoms. The summed E-state index contributed by atoms with van der Waals surface area (Å²) in [6, 6.07) is 55.0. The molecule has 7 aromatic rings. The summed E-state index contributed by atoms with van der Waals surface area (Å²) in [5, 5.41) is 0. The zero-order chi connectivity index (χ0) is 28.8. The Morgan fingerprint density at radius 1 is 0.256 bits per heavy atom. The highest BCUT2D eigenvalue weighted by atomic mass is 16.5. The van der Waals surface area contributed by atoms with Gasteiger partial charge in [0.15, 0.2) is 17.5 Å². The van der Waals surface area contributed by atoms with E-state index in [4.69, 9.17) is 19.7 Å². The first-order chi connectivity index (χ1) is 21.3. The van der Waals surface area contributed by atoms with Crippen LogP contribution in [0.15, 0.2) is 164 Å². The zero-order valence-electron chi connectivity index (χ0n) is 23.3. The molecule has 1 aromatic heterocycles. The fraction of sp³-hybridized carbons (Fsp3) is 0. The Morgan fingerprint density at radius 2 is 0.512 bits per heavy atom. The van der Waals surface area contributed by atoms with Crippen LogP contribution in [0.5, 0.6) is 11.5 Å². The summed E-state index contributed by atoms with van der Waals surface area (Å²) in [6.07, 6.45) is 0. The van der Waals surface area contributed by atoms with Gasteiger partial charge in [-0.3, -0.25) is 0 Å². The van der Waals surface area contributed by atoms with Gasteiger partial charge in [0.25, 0.3) is 0 Å². The summed E-state index contributed by atoms with van der Waals surface area (Å²) in [4.78, 5) is 14.5. The van der Waals surface area contributed by atoms with Crippen molar-refractivity contribution in [3.8, 4) is 67.9 Å². The molecule has 0 fully saturated rings. The van der Waals surface area contributed by atoms with Crippen molar-refractivity contribution >= 4 is 0 Å². The molecule has 0 N–H and O–H groups in total. The minimum absolute atomic E-state index is 0.640. The second-order valence-corrected chi connectivity index (χ2v) is 10.1. The minimum Gasteiger partial charge on any atom is -0.457 e. The number of ether oxygens (including phenoxy) is 1. The molecule has 0 atom stereocenters. The number of rotatable bonds is 7. The lowest BCUT2D eigenvalue weighted by atomic mass is 10.0. The standard InChI is InChI=1S/C39H27N3O/c1-4-10-28(11-5-1)30-20-24-35(25-21-30)43-36-26-22-31(23-27-36)29-16-18-34(19-17-29)39-41-37(32-12-6-2-7-13-32)40-38(42-39)33-14-8-3-9-15-33/h1-27H. The highest BCUT2D eigenvalue weighted by Crippen LogP contribution is 2.30. The number of benzene rings is 6. The van der Waals surface area contributed by atoms with Crippen LogP contribution in [-0.2, 0) is 0 Å². The summed E-state index contributed by atoms with van der Waals surface area (Å²) >= 11 is 0. The topological polar surface area (TPSA) is 47.9 Å². The predicted molar refractivity (Wildman–Crippen MR) is 174 cm³/mol. The van der Waals surface area contributed by atoms with Gasteiger partial charge in [0.05, 0.1) is 0 Å². The van der Waals surface area contributed by atoms with Crippen LogP contribution in [0.4, 0.5) is 0 Å². The van der Waals surface area contributed by atoms with E-state index in [0.717, 1.165) is 44.9 Å². The Bertz CT molecular complexity index is 1880. The molecule has 0 aliphatic rings. The first kappa shape index (κ1) is 26.1. The summed E-state index contributed by atoms with van der Waals surface area (Å²) in [5.41, 5.74) is 7.39. The predicted octanol–water partition coefficient (Wildman–Crippen LogP) is 10.00. The molecule has 0 aliphatic heterocycles. The van der Waals surface area contributed by atoms with E-state index in [1.165, 1.54) is 5.56 Å². The van der Waals surface area contributed by atoms with E-state index < -0.39 is 0 Å². The Morgan fingerprint density at radius 3 is 0.884 bits per heavy atom. The third-order valence-electron chi connectivity index (χ3n) is 7.23. The molecule has 6 aromatic carbocycles. The zero-order valence-corrected chi connectivity index (χ0v) is 23.3. The largest absolute Gasteiger partial charge is 0.457 e. The molecule has 4 nitrogen and oxygen atoms in total. The average Bonchev–Trinajstić information content (AvgIpc) is 3.10. The van der Waals surface area contributed by atoms with Gasteiger partial charge < -0.3 is 4.74 Å². The van der Waals surface area contributed by atoms with Crippen LogP contribution in [0.1, 0.15) is 0 Å².